The number of aliphatic imine (C=N–C) groups is 1. The Morgan fingerprint density at radius 1 is 0.806 bits per heavy atom. The number of likely N-dealkylation sites (tertiary alicyclic amines) is 2. The van der Waals surface area contributed by atoms with Crippen LogP contribution < -0.4 is 5.32 Å². The van der Waals surface area contributed by atoms with Gasteiger partial charge in [0, 0.05) is 25.8 Å². The Morgan fingerprint density at radius 3 is 2.03 bits per heavy atom. The largest absolute Gasteiger partial charge is 0.453 e. The van der Waals surface area contributed by atoms with Gasteiger partial charge in [-0.2, -0.15) is 58.9 Å². The smallest absolute Gasteiger partial charge is 0.407 e. The highest BCUT2D eigenvalue weighted by Gasteiger charge is 2.39. The fourth-order valence-corrected chi connectivity index (χ4v) is 7.95. The molecule has 0 unspecified atom stereocenters. The molecule has 0 aliphatic carbocycles. The third-order valence-corrected chi connectivity index (χ3v) is 11.1. The van der Waals surface area contributed by atoms with Gasteiger partial charge in [0.15, 0.2) is 0 Å². The predicted molar refractivity (Wildman–Crippen MR) is 263 cm³/mol. The molecule has 5 atom stereocenters. The van der Waals surface area contributed by atoms with Crippen LogP contribution in [0.25, 0.3) is 44.2 Å². The number of alkyl carbamates (subject to hydrolysis) is 1. The third-order valence-electron chi connectivity index (χ3n) is 11.1. The lowest BCUT2D eigenvalue weighted by molar-refractivity contribution is -0.188. The summed E-state index contributed by atoms with van der Waals surface area (Å²) in [6.45, 7) is 6.86. The van der Waals surface area contributed by atoms with E-state index in [-0.39, 0.29) is 91.2 Å². The van der Waals surface area contributed by atoms with Crippen LogP contribution in [0.5, 0.6) is 0 Å². The van der Waals surface area contributed by atoms with Crippen LogP contribution in [0.3, 0.4) is 0 Å². The Morgan fingerprint density at radius 2 is 1.40 bits per heavy atom. The van der Waals surface area contributed by atoms with E-state index in [2.05, 4.69) is 73.7 Å². The zero-order chi connectivity index (χ0) is 40.2. The van der Waals surface area contributed by atoms with Crippen LogP contribution in [0.2, 0.25) is 0 Å². The fourth-order valence-electron chi connectivity index (χ4n) is 7.95. The van der Waals surface area contributed by atoms with Crippen LogP contribution in [0.15, 0.2) is 65.8 Å². The van der Waals surface area contributed by atoms with Crippen LogP contribution in [0.4, 0.5) is 4.79 Å². The number of amides is 3. The van der Waals surface area contributed by atoms with Crippen molar-refractivity contribution in [2.75, 3.05) is 34.4 Å². The topological polar surface area (TPSA) is 176 Å². The summed E-state index contributed by atoms with van der Waals surface area (Å²) in [5.41, 5.74) is 5.69. The maximum Gasteiger partial charge on any atom is 0.407 e. The standard InChI is InChI=1S/C42H50N8O7.CH4.4H2S/c1-24(2)36(44-23-57-56-6)40(51)50-18-8-10-35(50)39-45-31-16-15-29(21-32(31)46-39)27-11-12-28-20-30(14-13-26(28)19-27)33-22-43-38(47-33)34-9-7-17-49(34)41(52)37(25(3)54-4)48-42(53)55-5;;;;;/h11-16,19-25,34-37H,7-10,17-18H2,1-6H3,(H,43,47)(H,45,46)(H,48,53);1H4;4*1H2/t25-,34+,35+,36+,37+;;;;;/m1...../s1. The molecule has 0 bridgehead atoms. The first-order chi connectivity index (χ1) is 27.6. The molecule has 15 nitrogen and oxygen atoms in total. The van der Waals surface area contributed by atoms with E-state index in [1.807, 2.05) is 24.8 Å². The molecule has 3 N–H and O–H groups in total. The van der Waals surface area contributed by atoms with Gasteiger partial charge in [0.05, 0.1) is 55.3 Å². The number of aromatic nitrogens is 4. The highest BCUT2D eigenvalue weighted by atomic mass is 32.1. The number of fused-ring (bicyclic) bond motifs is 2. The lowest BCUT2D eigenvalue weighted by Crippen LogP contribution is -2.54. The molecule has 19 heteroatoms. The van der Waals surface area contributed by atoms with Gasteiger partial charge in [-0.1, -0.05) is 51.6 Å². The molecule has 2 aromatic heterocycles. The molecule has 5 aromatic rings. The minimum absolute atomic E-state index is 0. The van der Waals surface area contributed by atoms with E-state index < -0.39 is 24.3 Å². The van der Waals surface area contributed by atoms with Crippen molar-refractivity contribution in [3.8, 4) is 22.4 Å². The predicted octanol–water partition coefficient (Wildman–Crippen LogP) is 7.58. The molecule has 7 rings (SSSR count). The van der Waals surface area contributed by atoms with Crippen molar-refractivity contribution in [2.24, 2.45) is 10.9 Å². The van der Waals surface area contributed by atoms with Crippen molar-refractivity contribution in [3.63, 3.8) is 0 Å². The van der Waals surface area contributed by atoms with E-state index in [0.717, 1.165) is 75.7 Å². The molecular formula is C43H62N8O7S4. The zero-order valence-corrected chi connectivity index (χ0v) is 39.2. The van der Waals surface area contributed by atoms with Crippen LogP contribution in [0.1, 0.15) is 77.6 Å². The Kier molecular flexibility index (Phi) is 20.7. The molecule has 3 amide bonds. The molecule has 340 valence electrons. The minimum atomic E-state index is -0.895. The molecule has 62 heavy (non-hydrogen) atoms. The number of benzene rings is 3. The number of carbonyl (C=O) groups excluding carboxylic acids is 3. The monoisotopic (exact) mass is 930 g/mol. The Bertz CT molecular complexity index is 2290. The average molecular weight is 931 g/mol. The summed E-state index contributed by atoms with van der Waals surface area (Å²) in [4.78, 5) is 73.3. The van der Waals surface area contributed by atoms with Crippen LogP contribution in [0, 0.1) is 5.92 Å². The first kappa shape index (κ1) is 53.7. The quantitative estimate of drug-likeness (QED) is 0.0465. The van der Waals surface area contributed by atoms with Gasteiger partial charge in [0.1, 0.15) is 23.7 Å². The second-order valence-electron chi connectivity index (χ2n) is 15.0. The molecule has 0 spiro atoms. The van der Waals surface area contributed by atoms with Crippen LogP contribution >= 0.6 is 54.0 Å². The van der Waals surface area contributed by atoms with Gasteiger partial charge in [0.2, 0.25) is 18.2 Å². The number of rotatable bonds is 13. The summed E-state index contributed by atoms with van der Waals surface area (Å²) < 4.78 is 10.2. The van der Waals surface area contributed by atoms with E-state index >= 15 is 0 Å². The Labute approximate surface area is 391 Å². The van der Waals surface area contributed by atoms with Crippen molar-refractivity contribution < 1.29 is 33.6 Å². The number of imidazole rings is 2. The molecule has 2 aliphatic heterocycles. The SMILES string of the molecule is C.COOC=N[C@H](C(=O)N1CCC[C@H]1c1nc2ccc(-c3ccc4cc(-c5cnc([C@@H]6CCCN6C(=O)[C@@H](NC(=O)OC)[C@@H](C)OC)[nH]5)ccc4c3)cc2[nH]1)C(C)C.S.S.S.S. The molecule has 3 aromatic carbocycles. The van der Waals surface area contributed by atoms with Gasteiger partial charge < -0.3 is 39.4 Å². The molecule has 0 radical (unpaired) electrons. The number of carbonyl (C=O) groups is 3. The van der Waals surface area contributed by atoms with E-state index in [1.165, 1.54) is 27.7 Å². The maximum atomic E-state index is 13.7. The highest BCUT2D eigenvalue weighted by molar-refractivity contribution is 7.59. The highest BCUT2D eigenvalue weighted by Crippen LogP contribution is 2.36. The van der Waals surface area contributed by atoms with Gasteiger partial charge >= 0.3 is 6.09 Å². The van der Waals surface area contributed by atoms with E-state index in [0.29, 0.717) is 18.9 Å². The Hall–Kier alpha value is -4.40. The van der Waals surface area contributed by atoms with Crippen LogP contribution in [-0.4, -0.2) is 107 Å². The molecular weight excluding hydrogens is 869 g/mol. The van der Waals surface area contributed by atoms with Crippen molar-refractivity contribution in [1.29, 1.82) is 0 Å². The van der Waals surface area contributed by atoms with E-state index in [9.17, 15) is 14.4 Å². The summed E-state index contributed by atoms with van der Waals surface area (Å²) in [6, 6.07) is 17.0. The first-order valence-electron chi connectivity index (χ1n) is 19.4. The summed E-state index contributed by atoms with van der Waals surface area (Å²) >= 11 is 0. The minimum Gasteiger partial charge on any atom is -0.453 e. The first-order valence-corrected chi connectivity index (χ1v) is 19.4. The number of nitrogens with one attached hydrogen (secondary N) is 3. The third kappa shape index (κ3) is 11.4. The van der Waals surface area contributed by atoms with Crippen molar-refractivity contribution in [1.82, 2.24) is 35.1 Å². The summed E-state index contributed by atoms with van der Waals surface area (Å²) in [5, 5.41) is 4.79. The molecule has 2 saturated heterocycles. The number of H-pyrrole nitrogens is 2. The second kappa shape index (κ2) is 23.9. The number of methoxy groups -OCH3 is 2. The summed E-state index contributed by atoms with van der Waals surface area (Å²) in [6.07, 6.45) is 5.00. The van der Waals surface area contributed by atoms with Crippen molar-refractivity contribution in [2.45, 2.75) is 84.2 Å². The second-order valence-corrected chi connectivity index (χ2v) is 15.0. The van der Waals surface area contributed by atoms with Crippen molar-refractivity contribution in [3.05, 3.63) is 72.4 Å². The zero-order valence-electron chi connectivity index (χ0n) is 35.2. The van der Waals surface area contributed by atoms with Gasteiger partial charge in [-0.3, -0.25) is 9.59 Å². The van der Waals surface area contributed by atoms with E-state index in [4.69, 9.17) is 24.3 Å². The van der Waals surface area contributed by atoms with Gasteiger partial charge in [-0.15, -0.1) is 0 Å². The number of hydrogen-bond acceptors (Lipinski definition) is 10. The lowest BCUT2D eigenvalue weighted by atomic mass is 9.99. The molecule has 2 aliphatic rings. The summed E-state index contributed by atoms with van der Waals surface area (Å²) in [7, 11) is 4.16. The average Bonchev–Trinajstić information content (AvgIpc) is 4.06. The summed E-state index contributed by atoms with van der Waals surface area (Å²) in [5.74, 6) is 1.15. The number of aromatic amines is 2. The van der Waals surface area contributed by atoms with Crippen molar-refractivity contribution >= 4 is 100 Å². The molecule has 2 fully saturated rings. The van der Waals surface area contributed by atoms with E-state index in [1.54, 1.807) is 18.0 Å². The van der Waals surface area contributed by atoms with Gasteiger partial charge in [-0.25, -0.2) is 19.8 Å². The number of hydrogen-bond donors (Lipinski definition) is 3. The number of ether oxygens (including phenoxy) is 2. The van der Waals surface area contributed by atoms with Gasteiger partial charge in [-0.05, 0) is 84.7 Å². The number of nitrogens with zero attached hydrogens (tertiary/aromatic N) is 5. The lowest BCUT2D eigenvalue weighted by Gasteiger charge is -2.30. The Balaban J connectivity index is 0.00000265. The molecule has 4 heterocycles. The normalized spacial score (nSPS) is 17.3. The van der Waals surface area contributed by atoms with Gasteiger partial charge in [0.25, 0.3) is 0 Å². The van der Waals surface area contributed by atoms with Crippen LogP contribution in [-0.2, 0) is 28.8 Å². The fraction of sp³-hybridized carbons (Fsp3) is 0.442. The maximum absolute atomic E-state index is 13.7. The molecule has 0 saturated carbocycles.